The first-order chi connectivity index (χ1) is 8.24. The maximum Gasteiger partial charge on any atom is 0.0702 e. The zero-order valence-corrected chi connectivity index (χ0v) is 11.9. The number of hydrogen-bond acceptors (Lipinski definition) is 2. The van der Waals surface area contributed by atoms with Crippen LogP contribution in [0.5, 0.6) is 0 Å². The van der Waals surface area contributed by atoms with E-state index in [4.69, 9.17) is 4.74 Å². The maximum absolute atomic E-state index is 5.76. The summed E-state index contributed by atoms with van der Waals surface area (Å²) in [7, 11) is 2.17. The Hall–Kier alpha value is -0.380. The van der Waals surface area contributed by atoms with Crippen LogP contribution < -0.4 is 0 Å². The predicted octanol–water partition coefficient (Wildman–Crippen LogP) is 3.45. The second kappa shape index (κ2) is 6.53. The Morgan fingerprint density at radius 1 is 1.41 bits per heavy atom. The van der Waals surface area contributed by atoms with Crippen molar-refractivity contribution < 1.29 is 4.74 Å². The first-order valence-electron chi connectivity index (χ1n) is 6.28. The van der Waals surface area contributed by atoms with Gasteiger partial charge in [-0.3, -0.25) is 4.90 Å². The van der Waals surface area contributed by atoms with Gasteiger partial charge in [0.05, 0.1) is 6.10 Å². The molecule has 0 aliphatic carbocycles. The Kier molecular flexibility index (Phi) is 5.01. The van der Waals surface area contributed by atoms with Crippen molar-refractivity contribution in [2.45, 2.75) is 31.9 Å². The molecule has 1 aromatic rings. The van der Waals surface area contributed by atoms with Crippen molar-refractivity contribution in [3.05, 3.63) is 34.3 Å². The molecule has 2 rings (SSSR count). The number of hydrogen-bond donors (Lipinski definition) is 0. The van der Waals surface area contributed by atoms with E-state index >= 15 is 0 Å². The van der Waals surface area contributed by atoms with Crippen LogP contribution in [0.4, 0.5) is 0 Å². The van der Waals surface area contributed by atoms with Crippen molar-refractivity contribution in [1.82, 2.24) is 4.90 Å². The van der Waals surface area contributed by atoms with Gasteiger partial charge in [0.2, 0.25) is 0 Å². The number of likely N-dealkylation sites (N-methyl/N-ethyl adjacent to an activating group) is 1. The number of nitrogens with zero attached hydrogens (tertiary/aromatic N) is 1. The van der Waals surface area contributed by atoms with Crippen LogP contribution in [0.2, 0.25) is 0 Å². The Morgan fingerprint density at radius 2 is 2.29 bits per heavy atom. The summed E-state index contributed by atoms with van der Waals surface area (Å²) in [6, 6.07) is 8.50. The van der Waals surface area contributed by atoms with E-state index in [1.807, 2.05) is 0 Å². The fourth-order valence-corrected chi connectivity index (χ4v) is 2.76. The molecule has 1 aliphatic heterocycles. The lowest BCUT2D eigenvalue weighted by atomic mass is 10.1. The molecule has 17 heavy (non-hydrogen) atoms. The molecule has 3 heteroatoms. The van der Waals surface area contributed by atoms with Crippen LogP contribution in [0, 0.1) is 0 Å². The smallest absolute Gasteiger partial charge is 0.0702 e. The van der Waals surface area contributed by atoms with Crippen LogP contribution in [-0.4, -0.2) is 31.2 Å². The Labute approximate surface area is 112 Å². The predicted molar refractivity (Wildman–Crippen MR) is 74.1 cm³/mol. The number of rotatable bonds is 4. The minimum Gasteiger partial charge on any atom is -0.377 e. The van der Waals surface area contributed by atoms with Crippen LogP contribution in [0.3, 0.4) is 0 Å². The molecule has 1 fully saturated rings. The van der Waals surface area contributed by atoms with E-state index in [1.54, 1.807) is 0 Å². The van der Waals surface area contributed by atoms with Crippen LogP contribution >= 0.6 is 15.9 Å². The van der Waals surface area contributed by atoms with E-state index < -0.39 is 0 Å². The second-order valence-corrected chi connectivity index (χ2v) is 5.73. The average molecular weight is 298 g/mol. The van der Waals surface area contributed by atoms with Crippen molar-refractivity contribution in [3.63, 3.8) is 0 Å². The lowest BCUT2D eigenvalue weighted by molar-refractivity contribution is -0.00259. The van der Waals surface area contributed by atoms with E-state index in [0.717, 1.165) is 24.2 Å². The van der Waals surface area contributed by atoms with E-state index in [2.05, 4.69) is 52.1 Å². The van der Waals surface area contributed by atoms with Crippen LogP contribution in [0.15, 0.2) is 28.7 Å². The second-order valence-electron chi connectivity index (χ2n) is 4.82. The Morgan fingerprint density at radius 3 is 3.00 bits per heavy atom. The van der Waals surface area contributed by atoms with E-state index in [0.29, 0.717) is 6.10 Å². The van der Waals surface area contributed by atoms with E-state index in [9.17, 15) is 0 Å². The van der Waals surface area contributed by atoms with Gasteiger partial charge in [0.1, 0.15) is 0 Å². The SMILES string of the molecule is CN(Cc1cccc(Br)c1)CC1CCCCO1. The molecule has 1 heterocycles. The standard InChI is InChI=1S/C14H20BrNO/c1-16(11-14-7-2-3-8-17-14)10-12-5-4-6-13(15)9-12/h4-6,9,14H,2-3,7-8,10-11H2,1H3. The molecule has 1 aliphatic rings. The monoisotopic (exact) mass is 297 g/mol. The zero-order chi connectivity index (χ0) is 12.1. The third kappa shape index (κ3) is 4.41. The summed E-state index contributed by atoms with van der Waals surface area (Å²) < 4.78 is 6.91. The maximum atomic E-state index is 5.76. The molecule has 1 saturated heterocycles. The molecule has 0 bridgehead atoms. The Bertz CT molecular complexity index is 350. The van der Waals surface area contributed by atoms with Crippen molar-refractivity contribution >= 4 is 15.9 Å². The molecule has 0 N–H and O–H groups in total. The summed E-state index contributed by atoms with van der Waals surface area (Å²) in [5.74, 6) is 0. The first kappa shape index (κ1) is 13.1. The summed E-state index contributed by atoms with van der Waals surface area (Å²) in [4.78, 5) is 2.35. The average Bonchev–Trinajstić information content (AvgIpc) is 2.30. The molecule has 0 amide bonds. The molecular weight excluding hydrogens is 278 g/mol. The molecule has 1 atom stereocenters. The number of ether oxygens (including phenoxy) is 1. The van der Waals surface area contributed by atoms with Gasteiger partial charge in [0, 0.05) is 24.2 Å². The summed E-state index contributed by atoms with van der Waals surface area (Å²) in [5, 5.41) is 0. The fourth-order valence-electron chi connectivity index (χ4n) is 2.31. The topological polar surface area (TPSA) is 12.5 Å². The van der Waals surface area contributed by atoms with Crippen LogP contribution in [0.25, 0.3) is 0 Å². The van der Waals surface area contributed by atoms with Crippen molar-refractivity contribution in [1.29, 1.82) is 0 Å². The van der Waals surface area contributed by atoms with Gasteiger partial charge in [0.25, 0.3) is 0 Å². The van der Waals surface area contributed by atoms with Crippen molar-refractivity contribution in [2.75, 3.05) is 20.2 Å². The third-order valence-electron chi connectivity index (χ3n) is 3.13. The highest BCUT2D eigenvalue weighted by molar-refractivity contribution is 9.10. The van der Waals surface area contributed by atoms with E-state index in [1.165, 1.54) is 24.8 Å². The highest BCUT2D eigenvalue weighted by Gasteiger charge is 2.15. The van der Waals surface area contributed by atoms with Crippen molar-refractivity contribution in [2.24, 2.45) is 0 Å². The summed E-state index contributed by atoms with van der Waals surface area (Å²) >= 11 is 3.51. The van der Waals surface area contributed by atoms with Gasteiger partial charge in [-0.25, -0.2) is 0 Å². The number of halogens is 1. The largest absolute Gasteiger partial charge is 0.377 e. The molecule has 0 spiro atoms. The molecule has 1 unspecified atom stereocenters. The highest BCUT2D eigenvalue weighted by atomic mass is 79.9. The lowest BCUT2D eigenvalue weighted by Gasteiger charge is -2.27. The third-order valence-corrected chi connectivity index (χ3v) is 3.62. The number of benzene rings is 1. The van der Waals surface area contributed by atoms with Crippen LogP contribution in [-0.2, 0) is 11.3 Å². The molecular formula is C14H20BrNO. The molecule has 94 valence electrons. The lowest BCUT2D eigenvalue weighted by Crippen LogP contribution is -2.33. The van der Waals surface area contributed by atoms with Gasteiger partial charge < -0.3 is 4.74 Å². The normalized spacial score (nSPS) is 20.8. The van der Waals surface area contributed by atoms with Crippen LogP contribution in [0.1, 0.15) is 24.8 Å². The zero-order valence-electron chi connectivity index (χ0n) is 10.4. The molecule has 0 radical (unpaired) electrons. The quantitative estimate of drug-likeness (QED) is 0.844. The fraction of sp³-hybridized carbons (Fsp3) is 0.571. The minimum absolute atomic E-state index is 0.431. The van der Waals surface area contributed by atoms with Gasteiger partial charge in [-0.2, -0.15) is 0 Å². The minimum atomic E-state index is 0.431. The van der Waals surface area contributed by atoms with Crippen molar-refractivity contribution in [3.8, 4) is 0 Å². The Balaban J connectivity index is 1.82. The summed E-state index contributed by atoms with van der Waals surface area (Å²) in [6.45, 7) is 2.96. The van der Waals surface area contributed by atoms with Gasteiger partial charge in [-0.05, 0) is 44.0 Å². The van der Waals surface area contributed by atoms with Gasteiger partial charge in [-0.15, -0.1) is 0 Å². The van der Waals surface area contributed by atoms with Gasteiger partial charge in [0.15, 0.2) is 0 Å². The van der Waals surface area contributed by atoms with E-state index in [-0.39, 0.29) is 0 Å². The molecule has 0 aromatic heterocycles. The summed E-state index contributed by atoms with van der Waals surface area (Å²) in [6.07, 6.45) is 4.19. The summed E-state index contributed by atoms with van der Waals surface area (Å²) in [5.41, 5.74) is 1.35. The molecule has 1 aromatic carbocycles. The van der Waals surface area contributed by atoms with Gasteiger partial charge >= 0.3 is 0 Å². The van der Waals surface area contributed by atoms with Gasteiger partial charge in [-0.1, -0.05) is 28.1 Å². The molecule has 0 saturated carbocycles. The highest BCUT2D eigenvalue weighted by Crippen LogP contribution is 2.16. The first-order valence-corrected chi connectivity index (χ1v) is 7.08. The molecule has 2 nitrogen and oxygen atoms in total.